The summed E-state index contributed by atoms with van der Waals surface area (Å²) in [5, 5.41) is 6.72. The Labute approximate surface area is 173 Å². The molecule has 1 fully saturated rings. The van der Waals surface area contributed by atoms with Crippen LogP contribution in [0.25, 0.3) is 11.4 Å². The number of nitrogens with zero attached hydrogens (tertiary/aromatic N) is 3. The molecule has 2 aromatic carbocycles. The van der Waals surface area contributed by atoms with Crippen LogP contribution in [0.5, 0.6) is 5.75 Å². The molecule has 1 amide bonds. The minimum atomic E-state index is -0.436. The van der Waals surface area contributed by atoms with Crippen molar-refractivity contribution in [3.63, 3.8) is 0 Å². The van der Waals surface area contributed by atoms with Crippen molar-refractivity contribution >= 4 is 11.6 Å². The Balaban J connectivity index is 1.30. The minimum Gasteiger partial charge on any atom is -0.497 e. The number of rotatable bonds is 6. The Hall–Kier alpha value is -3.26. The number of carbonyl (C=O) groups excluding carboxylic acids is 1. The first-order chi connectivity index (χ1) is 14.6. The van der Waals surface area contributed by atoms with Gasteiger partial charge in [-0.15, -0.1) is 0 Å². The maximum atomic E-state index is 13.7. The van der Waals surface area contributed by atoms with Gasteiger partial charge in [0.05, 0.1) is 19.3 Å². The van der Waals surface area contributed by atoms with Crippen molar-refractivity contribution in [2.24, 2.45) is 0 Å². The highest BCUT2D eigenvalue weighted by atomic mass is 19.1. The SMILES string of the molecule is COc1ccc(-c2noc(C3CCN(CC(=O)Nc4ccccc4F)CC3)n2)cc1. The number of anilines is 1. The number of methoxy groups -OCH3 is 1. The summed E-state index contributed by atoms with van der Waals surface area (Å²) in [5.41, 5.74) is 1.07. The summed E-state index contributed by atoms with van der Waals surface area (Å²) in [7, 11) is 1.62. The maximum absolute atomic E-state index is 13.7. The van der Waals surface area contributed by atoms with Crippen LogP contribution in [0.3, 0.4) is 0 Å². The highest BCUT2D eigenvalue weighted by molar-refractivity contribution is 5.92. The van der Waals surface area contributed by atoms with Crippen molar-refractivity contribution in [1.82, 2.24) is 15.0 Å². The fourth-order valence-electron chi connectivity index (χ4n) is 3.55. The van der Waals surface area contributed by atoms with Gasteiger partial charge in [0.1, 0.15) is 11.6 Å². The predicted molar refractivity (Wildman–Crippen MR) is 110 cm³/mol. The molecule has 0 spiro atoms. The Morgan fingerprint density at radius 2 is 1.93 bits per heavy atom. The first kappa shape index (κ1) is 20.0. The van der Waals surface area contributed by atoms with Crippen LogP contribution in [0.4, 0.5) is 10.1 Å². The zero-order valence-corrected chi connectivity index (χ0v) is 16.7. The molecule has 0 bridgehead atoms. The number of amides is 1. The molecule has 1 aromatic heterocycles. The fraction of sp³-hybridized carbons (Fsp3) is 0.318. The molecule has 0 aliphatic carbocycles. The van der Waals surface area contributed by atoms with Crippen molar-refractivity contribution < 1.29 is 18.4 Å². The van der Waals surface area contributed by atoms with Gasteiger partial charge >= 0.3 is 0 Å². The molecule has 7 nitrogen and oxygen atoms in total. The Morgan fingerprint density at radius 3 is 2.63 bits per heavy atom. The molecular formula is C22H23FN4O3. The molecular weight excluding hydrogens is 387 g/mol. The normalized spacial score (nSPS) is 15.1. The number of ether oxygens (including phenoxy) is 1. The lowest BCUT2D eigenvalue weighted by molar-refractivity contribution is -0.117. The smallest absolute Gasteiger partial charge is 0.238 e. The number of nitrogens with one attached hydrogen (secondary N) is 1. The Bertz CT molecular complexity index is 998. The number of hydrogen-bond donors (Lipinski definition) is 1. The number of likely N-dealkylation sites (tertiary alicyclic amines) is 1. The van der Waals surface area contributed by atoms with Gasteiger partial charge in [-0.25, -0.2) is 4.39 Å². The van der Waals surface area contributed by atoms with Gasteiger partial charge in [-0.1, -0.05) is 17.3 Å². The number of carbonyl (C=O) groups is 1. The summed E-state index contributed by atoms with van der Waals surface area (Å²) in [6.45, 7) is 1.69. The molecule has 1 N–H and O–H groups in total. The second kappa shape index (κ2) is 9.04. The Morgan fingerprint density at radius 1 is 1.20 bits per heavy atom. The summed E-state index contributed by atoms with van der Waals surface area (Å²) in [5.74, 6) is 1.45. The minimum absolute atomic E-state index is 0.162. The topological polar surface area (TPSA) is 80.5 Å². The average molecular weight is 410 g/mol. The third-order valence-electron chi connectivity index (χ3n) is 5.24. The van der Waals surface area contributed by atoms with Gasteiger partial charge in [0.25, 0.3) is 0 Å². The summed E-state index contributed by atoms with van der Waals surface area (Å²) in [4.78, 5) is 18.8. The molecule has 0 radical (unpaired) electrons. The van der Waals surface area contributed by atoms with E-state index >= 15 is 0 Å². The van der Waals surface area contributed by atoms with E-state index in [1.807, 2.05) is 29.2 Å². The highest BCUT2D eigenvalue weighted by Gasteiger charge is 2.26. The van der Waals surface area contributed by atoms with E-state index in [9.17, 15) is 9.18 Å². The van der Waals surface area contributed by atoms with Crippen LogP contribution in [0.2, 0.25) is 0 Å². The molecule has 1 aliphatic rings. The number of hydrogen-bond acceptors (Lipinski definition) is 6. The quantitative estimate of drug-likeness (QED) is 0.667. The van der Waals surface area contributed by atoms with E-state index in [1.165, 1.54) is 6.07 Å². The zero-order chi connectivity index (χ0) is 20.9. The second-order valence-corrected chi connectivity index (χ2v) is 7.26. The first-order valence-electron chi connectivity index (χ1n) is 9.87. The fourth-order valence-corrected chi connectivity index (χ4v) is 3.55. The van der Waals surface area contributed by atoms with Crippen LogP contribution in [0, 0.1) is 5.82 Å². The molecule has 0 unspecified atom stereocenters. The van der Waals surface area contributed by atoms with E-state index < -0.39 is 5.82 Å². The van der Waals surface area contributed by atoms with Crippen molar-refractivity contribution in [1.29, 1.82) is 0 Å². The number of piperidine rings is 1. The number of benzene rings is 2. The number of aromatic nitrogens is 2. The van der Waals surface area contributed by atoms with E-state index in [4.69, 9.17) is 9.26 Å². The van der Waals surface area contributed by atoms with E-state index in [0.29, 0.717) is 11.7 Å². The Kier molecular flexibility index (Phi) is 6.04. The van der Waals surface area contributed by atoms with E-state index in [0.717, 1.165) is 37.2 Å². The van der Waals surface area contributed by atoms with E-state index in [2.05, 4.69) is 15.5 Å². The first-order valence-corrected chi connectivity index (χ1v) is 9.87. The van der Waals surface area contributed by atoms with Crippen molar-refractivity contribution in [3.05, 3.63) is 60.2 Å². The van der Waals surface area contributed by atoms with Gasteiger partial charge in [-0.2, -0.15) is 4.98 Å². The largest absolute Gasteiger partial charge is 0.497 e. The molecule has 0 atom stereocenters. The number of halogens is 1. The molecule has 30 heavy (non-hydrogen) atoms. The lowest BCUT2D eigenvalue weighted by Gasteiger charge is -2.29. The summed E-state index contributed by atoms with van der Waals surface area (Å²) < 4.78 is 24.3. The molecule has 3 aromatic rings. The summed E-state index contributed by atoms with van der Waals surface area (Å²) in [6, 6.07) is 13.7. The molecule has 8 heteroatoms. The van der Waals surface area contributed by atoms with Gasteiger partial charge in [-0.3, -0.25) is 9.69 Å². The molecule has 156 valence electrons. The molecule has 1 saturated heterocycles. The van der Waals surface area contributed by atoms with Crippen molar-refractivity contribution in [3.8, 4) is 17.1 Å². The third kappa shape index (κ3) is 4.65. The maximum Gasteiger partial charge on any atom is 0.238 e. The van der Waals surface area contributed by atoms with Crippen LogP contribution < -0.4 is 10.1 Å². The second-order valence-electron chi connectivity index (χ2n) is 7.26. The lowest BCUT2D eigenvalue weighted by atomic mass is 9.97. The van der Waals surface area contributed by atoms with Crippen LogP contribution in [-0.4, -0.2) is 47.7 Å². The predicted octanol–water partition coefficient (Wildman–Crippen LogP) is 3.70. The summed E-state index contributed by atoms with van der Waals surface area (Å²) >= 11 is 0. The van der Waals surface area contributed by atoms with Gasteiger partial charge < -0.3 is 14.6 Å². The van der Waals surface area contributed by atoms with Crippen molar-refractivity contribution in [2.45, 2.75) is 18.8 Å². The van der Waals surface area contributed by atoms with Crippen LogP contribution in [0.1, 0.15) is 24.7 Å². The third-order valence-corrected chi connectivity index (χ3v) is 5.24. The van der Waals surface area contributed by atoms with Crippen LogP contribution >= 0.6 is 0 Å². The van der Waals surface area contributed by atoms with Gasteiger partial charge in [0, 0.05) is 11.5 Å². The molecule has 0 saturated carbocycles. The number of para-hydroxylation sites is 1. The molecule has 2 heterocycles. The van der Waals surface area contributed by atoms with Crippen LogP contribution in [-0.2, 0) is 4.79 Å². The highest BCUT2D eigenvalue weighted by Crippen LogP contribution is 2.29. The monoisotopic (exact) mass is 410 g/mol. The van der Waals surface area contributed by atoms with Gasteiger partial charge in [0.15, 0.2) is 0 Å². The standard InChI is InChI=1S/C22H23FN4O3/c1-29-17-8-6-15(7-9-17)21-25-22(30-26-21)16-10-12-27(13-11-16)14-20(28)24-19-5-3-2-4-18(19)23/h2-9,16H,10-14H2,1H3,(H,24,28). The van der Waals surface area contributed by atoms with E-state index in [-0.39, 0.29) is 24.1 Å². The zero-order valence-electron chi connectivity index (χ0n) is 16.7. The average Bonchev–Trinajstić information content (AvgIpc) is 3.26. The lowest BCUT2D eigenvalue weighted by Crippen LogP contribution is -2.38. The van der Waals surface area contributed by atoms with Crippen molar-refractivity contribution in [2.75, 3.05) is 32.1 Å². The van der Waals surface area contributed by atoms with Gasteiger partial charge in [0.2, 0.25) is 17.6 Å². The van der Waals surface area contributed by atoms with E-state index in [1.54, 1.807) is 25.3 Å². The molecule has 4 rings (SSSR count). The molecule has 1 aliphatic heterocycles. The van der Waals surface area contributed by atoms with Gasteiger partial charge in [-0.05, 0) is 62.3 Å². The summed E-state index contributed by atoms with van der Waals surface area (Å²) in [6.07, 6.45) is 1.63. The van der Waals surface area contributed by atoms with Crippen LogP contribution in [0.15, 0.2) is 53.1 Å².